The van der Waals surface area contributed by atoms with Gasteiger partial charge < -0.3 is 0 Å². The minimum absolute atomic E-state index is 1.25. The molecule has 0 aliphatic rings. The van der Waals surface area contributed by atoms with E-state index in [0.717, 1.165) is 0 Å². The minimum Gasteiger partial charge on any atom is -0.151 e. The van der Waals surface area contributed by atoms with Gasteiger partial charge in [0.15, 0.2) is 0 Å². The summed E-state index contributed by atoms with van der Waals surface area (Å²) in [6.45, 7) is 0. The fourth-order valence-corrected chi connectivity index (χ4v) is 6.63. The van der Waals surface area contributed by atoms with Crippen LogP contribution in [0.25, 0.3) is 5.57 Å². The van der Waals surface area contributed by atoms with Gasteiger partial charge in [-0.25, -0.2) is 0 Å². The molecule has 128 valence electrons. The van der Waals surface area contributed by atoms with Crippen LogP contribution in [-0.2, 0) is 0 Å². The van der Waals surface area contributed by atoms with Gasteiger partial charge in [-0.3, -0.25) is 0 Å². The molecule has 0 N–H and O–H groups in total. The molecule has 3 nitrogen and oxygen atoms in total. The van der Waals surface area contributed by atoms with Crippen molar-refractivity contribution in [2.75, 3.05) is 42.3 Å². The zero-order chi connectivity index (χ0) is 17.7. The van der Waals surface area contributed by atoms with E-state index in [1.807, 2.05) is 0 Å². The van der Waals surface area contributed by atoms with E-state index in [-0.39, 0.29) is 0 Å². The van der Waals surface area contributed by atoms with Crippen molar-refractivity contribution in [3.05, 3.63) is 77.6 Å². The Morgan fingerprint density at radius 3 is 1.25 bits per heavy atom. The van der Waals surface area contributed by atoms with Crippen LogP contribution in [0.1, 0.15) is 11.1 Å². The third kappa shape index (κ3) is 3.76. The lowest BCUT2D eigenvalue weighted by atomic mass is 10.00. The van der Waals surface area contributed by atoms with Gasteiger partial charge in [-0.05, 0) is 11.1 Å². The molecule has 0 fully saturated rings. The highest BCUT2D eigenvalue weighted by Crippen LogP contribution is 2.66. The molecule has 0 unspecified atom stereocenters. The lowest BCUT2D eigenvalue weighted by Crippen LogP contribution is -2.34. The first kappa shape index (κ1) is 18.8. The molecule has 2 aromatic rings. The maximum Gasteiger partial charge on any atom is 0.253 e. The molecule has 0 heterocycles. The number of nitrogens with zero attached hydrogens (tertiary/aromatic N) is 3. The summed E-state index contributed by atoms with van der Waals surface area (Å²) in [6, 6.07) is 21.3. The average Bonchev–Trinajstić information content (AvgIpc) is 2.56. The highest BCUT2D eigenvalue weighted by atomic mass is 31.2. The summed E-state index contributed by atoms with van der Waals surface area (Å²) >= 11 is 0. The Bertz CT molecular complexity index is 601. The Morgan fingerprint density at radius 1 is 0.625 bits per heavy atom. The molecule has 0 aliphatic carbocycles. The molecule has 24 heavy (non-hydrogen) atoms. The first-order valence-electron chi connectivity index (χ1n) is 8.15. The van der Waals surface area contributed by atoms with Crippen LogP contribution < -0.4 is 0 Å². The second-order valence-corrected chi connectivity index (χ2v) is 10.3. The van der Waals surface area contributed by atoms with E-state index in [9.17, 15) is 0 Å². The normalized spacial score (nSPS) is 12.0. The summed E-state index contributed by atoms with van der Waals surface area (Å²) in [6.07, 6.45) is 0. The zero-order valence-corrected chi connectivity index (χ0v) is 16.5. The number of hydrogen-bond acceptors (Lipinski definition) is 3. The van der Waals surface area contributed by atoms with Crippen molar-refractivity contribution in [1.29, 1.82) is 0 Å². The van der Waals surface area contributed by atoms with Crippen LogP contribution in [0.3, 0.4) is 0 Å². The highest BCUT2D eigenvalue weighted by Gasteiger charge is 2.46. The third-order valence-corrected chi connectivity index (χ3v) is 8.37. The van der Waals surface area contributed by atoms with Crippen molar-refractivity contribution < 1.29 is 0 Å². The molecule has 0 saturated carbocycles. The van der Waals surface area contributed by atoms with Crippen LogP contribution in [0.15, 0.2) is 66.5 Å². The van der Waals surface area contributed by atoms with Gasteiger partial charge in [-0.1, -0.05) is 60.7 Å². The van der Waals surface area contributed by atoms with Crippen LogP contribution in [0.2, 0.25) is 0 Å². The minimum atomic E-state index is -1.76. The molecule has 0 amide bonds. The maximum atomic E-state index is 2.46. The van der Waals surface area contributed by atoms with Crippen LogP contribution >= 0.6 is 7.71 Å². The summed E-state index contributed by atoms with van der Waals surface area (Å²) in [5.41, 5.74) is 3.78. The largest absolute Gasteiger partial charge is 0.253 e. The van der Waals surface area contributed by atoms with Crippen LogP contribution in [0.5, 0.6) is 0 Å². The zero-order valence-electron chi connectivity index (χ0n) is 15.6. The molecular formula is C20H29N3P+. The fraction of sp³-hybridized carbons (Fsp3) is 0.300. The molecule has 0 aromatic heterocycles. The van der Waals surface area contributed by atoms with Gasteiger partial charge in [0.25, 0.3) is 7.71 Å². The molecule has 0 saturated heterocycles. The summed E-state index contributed by atoms with van der Waals surface area (Å²) in [7, 11) is 11.2. The highest BCUT2D eigenvalue weighted by molar-refractivity contribution is 7.72. The smallest absolute Gasteiger partial charge is 0.151 e. The molecule has 0 radical (unpaired) electrons. The number of rotatable bonds is 6. The molecule has 0 atom stereocenters. The van der Waals surface area contributed by atoms with Crippen molar-refractivity contribution in [2.45, 2.75) is 0 Å². The standard InChI is InChI=1S/C20H29N3P/c1-21(2)24(22(3)4,23(5)6)17-20(18-13-9-7-10-14-18)19-15-11-8-12-16-19/h7-17H,1-6H3/q+1. The van der Waals surface area contributed by atoms with Crippen LogP contribution in [-0.4, -0.2) is 56.3 Å². The van der Waals surface area contributed by atoms with E-state index in [2.05, 4.69) is 123 Å². The van der Waals surface area contributed by atoms with Crippen molar-refractivity contribution in [3.8, 4) is 0 Å². The third-order valence-electron chi connectivity index (χ3n) is 4.24. The Labute approximate surface area is 147 Å². The summed E-state index contributed by atoms with van der Waals surface area (Å²) in [5, 5.41) is 0. The van der Waals surface area contributed by atoms with E-state index < -0.39 is 7.71 Å². The van der Waals surface area contributed by atoms with Crippen LogP contribution in [0.4, 0.5) is 0 Å². The van der Waals surface area contributed by atoms with Gasteiger partial charge in [0.2, 0.25) is 0 Å². The van der Waals surface area contributed by atoms with Crippen molar-refractivity contribution in [3.63, 3.8) is 0 Å². The second-order valence-electron chi connectivity index (χ2n) is 6.43. The number of hydrogen-bond donors (Lipinski definition) is 0. The van der Waals surface area contributed by atoms with E-state index in [4.69, 9.17) is 0 Å². The summed E-state index contributed by atoms with van der Waals surface area (Å²) in [5.74, 6) is 2.46. The van der Waals surface area contributed by atoms with Gasteiger partial charge in [-0.15, -0.1) is 0 Å². The molecule has 2 rings (SSSR count). The Morgan fingerprint density at radius 2 is 0.958 bits per heavy atom. The van der Waals surface area contributed by atoms with Gasteiger partial charge in [0, 0.05) is 47.9 Å². The van der Waals surface area contributed by atoms with E-state index in [1.54, 1.807) is 0 Å². The van der Waals surface area contributed by atoms with Gasteiger partial charge in [0.1, 0.15) is 5.82 Å². The lowest BCUT2D eigenvalue weighted by molar-refractivity contribution is 0.472. The van der Waals surface area contributed by atoms with E-state index in [1.165, 1.54) is 16.7 Å². The first-order valence-corrected chi connectivity index (χ1v) is 9.87. The molecule has 0 bridgehead atoms. The van der Waals surface area contributed by atoms with Gasteiger partial charge in [0.05, 0.1) is 0 Å². The monoisotopic (exact) mass is 342 g/mol. The number of benzene rings is 2. The Balaban J connectivity index is 2.71. The molecular weight excluding hydrogens is 313 g/mol. The predicted molar refractivity (Wildman–Crippen MR) is 108 cm³/mol. The quantitative estimate of drug-likeness (QED) is 0.715. The first-order chi connectivity index (χ1) is 11.4. The van der Waals surface area contributed by atoms with Crippen molar-refractivity contribution in [2.24, 2.45) is 0 Å². The fourth-order valence-electron chi connectivity index (χ4n) is 3.14. The topological polar surface area (TPSA) is 9.72 Å². The average molecular weight is 342 g/mol. The molecule has 0 spiro atoms. The second kappa shape index (κ2) is 8.04. The summed E-state index contributed by atoms with van der Waals surface area (Å²) in [4.78, 5) is 0. The molecule has 2 aromatic carbocycles. The van der Waals surface area contributed by atoms with Crippen molar-refractivity contribution in [1.82, 2.24) is 14.0 Å². The lowest BCUT2D eigenvalue weighted by Gasteiger charge is -2.38. The van der Waals surface area contributed by atoms with E-state index >= 15 is 0 Å². The van der Waals surface area contributed by atoms with Crippen molar-refractivity contribution >= 4 is 13.3 Å². The molecule has 4 heteroatoms. The Kier molecular flexibility index (Phi) is 6.31. The summed E-state index contributed by atoms with van der Waals surface area (Å²) < 4.78 is 7.04. The van der Waals surface area contributed by atoms with Crippen LogP contribution in [0, 0.1) is 0 Å². The van der Waals surface area contributed by atoms with E-state index in [0.29, 0.717) is 0 Å². The van der Waals surface area contributed by atoms with Gasteiger partial charge >= 0.3 is 0 Å². The Hall–Kier alpha value is -1.51. The molecule has 0 aliphatic heterocycles. The van der Waals surface area contributed by atoms with Gasteiger partial charge in [-0.2, -0.15) is 14.0 Å². The SMILES string of the molecule is CN(C)[P+](C=C(c1ccccc1)c1ccccc1)(N(C)C)N(C)C. The maximum absolute atomic E-state index is 2.46. The predicted octanol–water partition coefficient (Wildman–Crippen LogP) is 4.52.